The lowest BCUT2D eigenvalue weighted by atomic mass is 10.1. The van der Waals surface area contributed by atoms with Crippen LogP contribution in [-0.2, 0) is 11.8 Å². The lowest BCUT2D eigenvalue weighted by Gasteiger charge is -2.36. The normalized spacial score (nSPS) is 17.0. The molecule has 0 N–H and O–H groups in total. The summed E-state index contributed by atoms with van der Waals surface area (Å²) in [5.41, 5.74) is 3.75. The highest BCUT2D eigenvalue weighted by Gasteiger charge is 2.24. The molecule has 2 aromatic heterocycles. The van der Waals surface area contributed by atoms with Gasteiger partial charge in [-0.25, -0.2) is 9.97 Å². The van der Waals surface area contributed by atoms with Crippen LogP contribution in [-0.4, -0.2) is 77.8 Å². The van der Waals surface area contributed by atoms with Gasteiger partial charge in [-0.05, 0) is 18.2 Å². The van der Waals surface area contributed by atoms with Gasteiger partial charge in [-0.15, -0.1) is 0 Å². The predicted octanol–water partition coefficient (Wildman–Crippen LogP) is 2.28. The van der Waals surface area contributed by atoms with Crippen LogP contribution in [0.25, 0.3) is 11.1 Å². The van der Waals surface area contributed by atoms with Gasteiger partial charge < -0.3 is 24.0 Å². The van der Waals surface area contributed by atoms with Crippen LogP contribution >= 0.6 is 0 Å². The molecule has 32 heavy (non-hydrogen) atoms. The van der Waals surface area contributed by atoms with Gasteiger partial charge in [0.05, 0.1) is 13.2 Å². The summed E-state index contributed by atoms with van der Waals surface area (Å²) in [5, 5.41) is 0. The molecule has 2 aliphatic heterocycles. The minimum atomic E-state index is 0.0670. The van der Waals surface area contributed by atoms with E-state index in [1.807, 2.05) is 47.2 Å². The number of carbonyl (C=O) groups is 1. The fourth-order valence-electron chi connectivity index (χ4n) is 4.30. The number of benzene rings is 1. The van der Waals surface area contributed by atoms with Gasteiger partial charge in [0.1, 0.15) is 5.69 Å². The third-order valence-electron chi connectivity index (χ3n) is 6.18. The highest BCUT2D eigenvalue weighted by Crippen LogP contribution is 2.24. The third kappa shape index (κ3) is 4.18. The van der Waals surface area contributed by atoms with Crippen molar-refractivity contribution in [3.63, 3.8) is 0 Å². The van der Waals surface area contributed by atoms with Crippen molar-refractivity contribution in [2.75, 3.05) is 62.3 Å². The molecule has 0 radical (unpaired) electrons. The molecule has 0 atom stereocenters. The van der Waals surface area contributed by atoms with Crippen molar-refractivity contribution in [1.29, 1.82) is 0 Å². The first-order chi connectivity index (χ1) is 15.7. The fraction of sp³-hybridized carbons (Fsp3) is 0.375. The van der Waals surface area contributed by atoms with E-state index in [2.05, 4.69) is 44.0 Å². The molecule has 2 aliphatic rings. The van der Waals surface area contributed by atoms with Crippen LogP contribution in [0.3, 0.4) is 0 Å². The molecule has 5 rings (SSSR count). The van der Waals surface area contributed by atoms with Crippen LogP contribution in [0.2, 0.25) is 0 Å². The number of rotatable bonds is 4. The minimum Gasteiger partial charge on any atom is -0.378 e. The average molecular weight is 433 g/mol. The number of para-hydroxylation sites is 1. The highest BCUT2D eigenvalue weighted by atomic mass is 16.5. The van der Waals surface area contributed by atoms with Crippen LogP contribution in [0.15, 0.2) is 55.0 Å². The molecule has 0 spiro atoms. The van der Waals surface area contributed by atoms with Crippen LogP contribution in [0, 0.1) is 0 Å². The van der Waals surface area contributed by atoms with Crippen molar-refractivity contribution < 1.29 is 9.53 Å². The van der Waals surface area contributed by atoms with Crippen LogP contribution in [0.4, 0.5) is 11.6 Å². The Morgan fingerprint density at radius 3 is 2.25 bits per heavy atom. The maximum Gasteiger partial charge on any atom is 0.270 e. The third-order valence-corrected chi connectivity index (χ3v) is 6.18. The van der Waals surface area contributed by atoms with E-state index in [1.165, 1.54) is 5.69 Å². The summed E-state index contributed by atoms with van der Waals surface area (Å²) < 4.78 is 7.29. The highest BCUT2D eigenvalue weighted by molar-refractivity contribution is 5.94. The first-order valence-electron chi connectivity index (χ1n) is 11.1. The van der Waals surface area contributed by atoms with E-state index >= 15 is 0 Å². The van der Waals surface area contributed by atoms with Crippen LogP contribution in [0.5, 0.6) is 0 Å². The summed E-state index contributed by atoms with van der Waals surface area (Å²) in [7, 11) is 1.92. The SMILES string of the molecule is Cn1cc(-c2cnc(N3CCOCC3)nc2)cc1C(=O)N1CCN(c2ccccc2)CC1. The van der Waals surface area contributed by atoms with E-state index in [-0.39, 0.29) is 5.91 Å². The fourth-order valence-corrected chi connectivity index (χ4v) is 4.30. The van der Waals surface area contributed by atoms with Gasteiger partial charge in [-0.2, -0.15) is 0 Å². The zero-order valence-electron chi connectivity index (χ0n) is 18.4. The van der Waals surface area contributed by atoms with E-state index < -0.39 is 0 Å². The lowest BCUT2D eigenvalue weighted by Crippen LogP contribution is -2.49. The topological polar surface area (TPSA) is 66.7 Å². The van der Waals surface area contributed by atoms with Crippen molar-refractivity contribution in [1.82, 2.24) is 19.4 Å². The Bertz CT molecular complexity index is 1050. The van der Waals surface area contributed by atoms with Crippen molar-refractivity contribution >= 4 is 17.5 Å². The predicted molar refractivity (Wildman–Crippen MR) is 124 cm³/mol. The summed E-state index contributed by atoms with van der Waals surface area (Å²) in [6.07, 6.45) is 5.64. The summed E-state index contributed by atoms with van der Waals surface area (Å²) in [4.78, 5) is 28.7. The van der Waals surface area contributed by atoms with Crippen molar-refractivity contribution in [3.8, 4) is 11.1 Å². The molecule has 166 valence electrons. The number of aryl methyl sites for hydroxylation is 1. The molecule has 4 heterocycles. The van der Waals surface area contributed by atoms with Crippen LogP contribution < -0.4 is 9.80 Å². The summed E-state index contributed by atoms with van der Waals surface area (Å²) in [6.45, 7) is 6.12. The summed E-state index contributed by atoms with van der Waals surface area (Å²) in [5.74, 6) is 0.790. The van der Waals surface area contributed by atoms with E-state index in [0.717, 1.165) is 43.3 Å². The Balaban J connectivity index is 1.26. The number of anilines is 2. The Morgan fingerprint density at radius 1 is 0.875 bits per heavy atom. The van der Waals surface area contributed by atoms with Gasteiger partial charge in [0, 0.05) is 81.7 Å². The molecule has 0 unspecified atom stereocenters. The molecular formula is C24H28N6O2. The molecule has 0 saturated carbocycles. The van der Waals surface area contributed by atoms with Gasteiger partial charge >= 0.3 is 0 Å². The second-order valence-electron chi connectivity index (χ2n) is 8.21. The second-order valence-corrected chi connectivity index (χ2v) is 8.21. The Kier molecular flexibility index (Phi) is 5.77. The molecule has 1 amide bonds. The van der Waals surface area contributed by atoms with Gasteiger partial charge in [0.15, 0.2) is 0 Å². The van der Waals surface area contributed by atoms with E-state index in [4.69, 9.17) is 4.74 Å². The monoisotopic (exact) mass is 432 g/mol. The molecule has 2 saturated heterocycles. The zero-order chi connectivity index (χ0) is 21.9. The van der Waals surface area contributed by atoms with Crippen molar-refractivity contribution in [2.45, 2.75) is 0 Å². The van der Waals surface area contributed by atoms with E-state index in [0.29, 0.717) is 32.0 Å². The number of hydrogen-bond acceptors (Lipinski definition) is 6. The van der Waals surface area contributed by atoms with Gasteiger partial charge in [0.2, 0.25) is 5.95 Å². The first kappa shape index (κ1) is 20.5. The Hall–Kier alpha value is -3.39. The molecular weight excluding hydrogens is 404 g/mol. The molecule has 1 aromatic carbocycles. The Labute approximate surface area is 188 Å². The number of amides is 1. The van der Waals surface area contributed by atoms with Gasteiger partial charge in [0.25, 0.3) is 5.91 Å². The van der Waals surface area contributed by atoms with Gasteiger partial charge in [-0.1, -0.05) is 18.2 Å². The van der Waals surface area contributed by atoms with Gasteiger partial charge in [-0.3, -0.25) is 4.79 Å². The van der Waals surface area contributed by atoms with Crippen molar-refractivity contribution in [3.05, 3.63) is 60.7 Å². The molecule has 8 heteroatoms. The largest absolute Gasteiger partial charge is 0.378 e. The smallest absolute Gasteiger partial charge is 0.270 e. The standard InChI is InChI=1S/C24H28N6O2/c1-27-18-19(20-16-25-24(26-17-20)30-11-13-32-14-12-30)15-22(27)23(31)29-9-7-28(8-10-29)21-5-3-2-4-6-21/h2-6,15-18H,7-14H2,1H3. The number of carbonyl (C=O) groups excluding carboxylic acids is 1. The minimum absolute atomic E-state index is 0.0670. The molecule has 2 fully saturated rings. The zero-order valence-corrected chi connectivity index (χ0v) is 18.4. The second kappa shape index (κ2) is 9.00. The quantitative estimate of drug-likeness (QED) is 0.630. The average Bonchev–Trinajstić information content (AvgIpc) is 3.26. The summed E-state index contributed by atoms with van der Waals surface area (Å²) >= 11 is 0. The number of aromatic nitrogens is 3. The Morgan fingerprint density at radius 2 is 1.56 bits per heavy atom. The summed E-state index contributed by atoms with van der Waals surface area (Å²) in [6, 6.07) is 12.3. The first-order valence-corrected chi connectivity index (χ1v) is 11.1. The molecule has 0 bridgehead atoms. The number of piperazine rings is 1. The molecule has 8 nitrogen and oxygen atoms in total. The van der Waals surface area contributed by atoms with Crippen LogP contribution in [0.1, 0.15) is 10.5 Å². The number of hydrogen-bond donors (Lipinski definition) is 0. The lowest BCUT2D eigenvalue weighted by molar-refractivity contribution is 0.0737. The maximum atomic E-state index is 13.2. The van der Waals surface area contributed by atoms with E-state index in [1.54, 1.807) is 0 Å². The number of morpholine rings is 1. The maximum absolute atomic E-state index is 13.2. The molecule has 3 aromatic rings. The molecule has 0 aliphatic carbocycles. The van der Waals surface area contributed by atoms with E-state index in [9.17, 15) is 4.79 Å². The van der Waals surface area contributed by atoms with Crippen molar-refractivity contribution in [2.24, 2.45) is 7.05 Å². The number of nitrogens with zero attached hydrogens (tertiary/aromatic N) is 6. The number of ether oxygens (including phenoxy) is 1.